The van der Waals surface area contributed by atoms with Crippen LogP contribution >= 0.6 is 23.8 Å². The Morgan fingerprint density at radius 2 is 1.83 bits per heavy atom. The maximum Gasteiger partial charge on any atom is 0.316 e. The molecule has 1 N–H and O–H groups in total. The van der Waals surface area contributed by atoms with Crippen LogP contribution in [0.4, 0.5) is 14.5 Å². The van der Waals surface area contributed by atoms with Gasteiger partial charge >= 0.3 is 5.56 Å². The van der Waals surface area contributed by atoms with Gasteiger partial charge in [-0.15, -0.1) is 11.6 Å². The van der Waals surface area contributed by atoms with Gasteiger partial charge in [-0.05, 0) is 25.0 Å². The molecule has 30 heavy (non-hydrogen) atoms. The van der Waals surface area contributed by atoms with Gasteiger partial charge in [0.05, 0.1) is 24.1 Å². The van der Waals surface area contributed by atoms with E-state index in [0.29, 0.717) is 50.5 Å². The normalized spacial score (nSPS) is 22.5. The van der Waals surface area contributed by atoms with Gasteiger partial charge in [0.25, 0.3) is 0 Å². The Bertz CT molecular complexity index is 951. The molecule has 1 aromatic heterocycles. The van der Waals surface area contributed by atoms with Crippen molar-refractivity contribution in [1.82, 2.24) is 14.1 Å². The lowest BCUT2D eigenvalue weighted by Crippen LogP contribution is -2.44. The molecule has 7 nitrogen and oxygen atoms in total. The topological polar surface area (TPSA) is 70.8 Å². The first kappa shape index (κ1) is 21.4. The molecule has 1 aromatic carbocycles. The molecule has 11 heteroatoms. The number of hydrogen-bond acceptors (Lipinski definition) is 7. The van der Waals surface area contributed by atoms with Gasteiger partial charge in [0, 0.05) is 44.0 Å². The molecular formula is C19H21ClF2N4O3S. The number of hydrogen-bond donors (Lipinski definition) is 1. The van der Waals surface area contributed by atoms with Gasteiger partial charge in [-0.25, -0.2) is 13.1 Å². The summed E-state index contributed by atoms with van der Waals surface area (Å²) < 4.78 is 45.4. The number of alkyl halides is 1. The standard InChI is InChI=1S/C19H21ClF2N4O3S/c20-12-1-2-16(7-12)29-18-17(24-3-5-25(30-28)6-4-24)11-23-26(19(18)27)15-9-13(21)8-14(22)10-15/h8-12,16,28H,1-7H2. The fourth-order valence-electron chi connectivity index (χ4n) is 3.78. The van der Waals surface area contributed by atoms with Crippen LogP contribution in [-0.2, 0) is 0 Å². The second kappa shape index (κ2) is 9.09. The first-order valence-corrected chi connectivity index (χ1v) is 10.8. The Kier molecular flexibility index (Phi) is 6.47. The number of aromatic nitrogens is 2. The van der Waals surface area contributed by atoms with Crippen LogP contribution < -0.4 is 15.2 Å². The summed E-state index contributed by atoms with van der Waals surface area (Å²) in [6.07, 6.45) is 3.40. The lowest BCUT2D eigenvalue weighted by molar-refractivity contribution is 0.206. The number of piperazine rings is 1. The predicted molar refractivity (Wildman–Crippen MR) is 112 cm³/mol. The largest absolute Gasteiger partial charge is 0.483 e. The van der Waals surface area contributed by atoms with E-state index in [4.69, 9.17) is 16.3 Å². The highest BCUT2D eigenvalue weighted by atomic mass is 35.5. The lowest BCUT2D eigenvalue weighted by atomic mass is 10.2. The zero-order valence-corrected chi connectivity index (χ0v) is 17.6. The van der Waals surface area contributed by atoms with Crippen LogP contribution in [0, 0.1) is 11.6 Å². The minimum Gasteiger partial charge on any atom is -0.483 e. The highest BCUT2D eigenvalue weighted by molar-refractivity contribution is 7.91. The van der Waals surface area contributed by atoms with E-state index in [2.05, 4.69) is 5.10 Å². The summed E-state index contributed by atoms with van der Waals surface area (Å²) >= 11 is 6.88. The Morgan fingerprint density at radius 1 is 1.13 bits per heavy atom. The maximum atomic E-state index is 13.7. The van der Waals surface area contributed by atoms with Crippen LogP contribution in [0.15, 0.2) is 29.2 Å². The van der Waals surface area contributed by atoms with E-state index in [9.17, 15) is 18.1 Å². The number of nitrogens with zero attached hydrogens (tertiary/aromatic N) is 4. The molecule has 0 radical (unpaired) electrons. The third-order valence-electron chi connectivity index (χ3n) is 5.31. The molecule has 2 unspecified atom stereocenters. The smallest absolute Gasteiger partial charge is 0.316 e. The molecule has 2 atom stereocenters. The van der Waals surface area contributed by atoms with E-state index in [1.165, 1.54) is 6.20 Å². The third-order valence-corrected chi connectivity index (χ3v) is 6.30. The van der Waals surface area contributed by atoms with Crippen LogP contribution in [0.2, 0.25) is 0 Å². The van der Waals surface area contributed by atoms with Crippen molar-refractivity contribution in [3.8, 4) is 11.4 Å². The second-order valence-electron chi connectivity index (χ2n) is 7.35. The van der Waals surface area contributed by atoms with Gasteiger partial charge in [0.2, 0.25) is 5.75 Å². The molecule has 162 valence electrons. The highest BCUT2D eigenvalue weighted by Gasteiger charge is 2.29. The number of anilines is 1. The summed E-state index contributed by atoms with van der Waals surface area (Å²) in [6.45, 7) is 2.30. The zero-order valence-electron chi connectivity index (χ0n) is 16.0. The van der Waals surface area contributed by atoms with Gasteiger partial charge in [-0.1, -0.05) is 0 Å². The summed E-state index contributed by atoms with van der Waals surface area (Å²) in [5.74, 6) is -1.51. The number of halogens is 3. The van der Waals surface area contributed by atoms with E-state index in [1.54, 1.807) is 4.31 Å². The fraction of sp³-hybridized carbons (Fsp3) is 0.474. The van der Waals surface area contributed by atoms with E-state index in [-0.39, 0.29) is 22.9 Å². The van der Waals surface area contributed by atoms with Crippen LogP contribution in [-0.4, -0.2) is 56.3 Å². The Balaban J connectivity index is 1.72. The van der Waals surface area contributed by atoms with Crippen molar-refractivity contribution in [2.45, 2.75) is 30.7 Å². The summed E-state index contributed by atoms with van der Waals surface area (Å²) in [7, 11) is 0. The van der Waals surface area contributed by atoms with Crippen LogP contribution in [0.25, 0.3) is 5.69 Å². The summed E-state index contributed by atoms with van der Waals surface area (Å²) in [4.78, 5) is 15.2. The minimum atomic E-state index is -0.802. The molecule has 1 saturated heterocycles. The highest BCUT2D eigenvalue weighted by Crippen LogP contribution is 2.32. The van der Waals surface area contributed by atoms with Gasteiger partial charge in [-0.3, -0.25) is 4.79 Å². The van der Waals surface area contributed by atoms with E-state index in [0.717, 1.165) is 35.7 Å². The van der Waals surface area contributed by atoms with Crippen molar-refractivity contribution in [3.63, 3.8) is 0 Å². The molecule has 1 aliphatic carbocycles. The Labute approximate surface area is 181 Å². The summed E-state index contributed by atoms with van der Waals surface area (Å²) in [5, 5.41) is 4.14. The van der Waals surface area contributed by atoms with E-state index in [1.807, 2.05) is 4.90 Å². The van der Waals surface area contributed by atoms with Gasteiger partial charge in [0.15, 0.2) is 0 Å². The quantitative estimate of drug-likeness (QED) is 0.419. The molecule has 0 bridgehead atoms. The Morgan fingerprint density at radius 3 is 2.43 bits per heavy atom. The maximum absolute atomic E-state index is 13.7. The molecule has 2 fully saturated rings. The predicted octanol–water partition coefficient (Wildman–Crippen LogP) is 3.29. The molecule has 2 aromatic rings. The van der Waals surface area contributed by atoms with Crippen molar-refractivity contribution in [2.24, 2.45) is 0 Å². The SMILES string of the molecule is O=c1c(OC2CCC(Cl)C2)c(N2CCN(SO)CC2)cnn1-c1cc(F)cc(F)c1. The molecule has 2 heterocycles. The monoisotopic (exact) mass is 458 g/mol. The molecule has 0 amide bonds. The van der Waals surface area contributed by atoms with Crippen molar-refractivity contribution in [2.75, 3.05) is 31.1 Å². The Hall–Kier alpha value is -1.88. The van der Waals surface area contributed by atoms with Gasteiger partial charge < -0.3 is 14.2 Å². The van der Waals surface area contributed by atoms with Gasteiger partial charge in [-0.2, -0.15) is 9.78 Å². The van der Waals surface area contributed by atoms with Crippen LogP contribution in [0.3, 0.4) is 0 Å². The van der Waals surface area contributed by atoms with Crippen molar-refractivity contribution in [3.05, 3.63) is 46.4 Å². The summed E-state index contributed by atoms with van der Waals surface area (Å²) in [6, 6.07) is 2.82. The lowest BCUT2D eigenvalue weighted by Gasteiger charge is -2.34. The molecule has 1 saturated carbocycles. The average molecular weight is 459 g/mol. The molecule has 1 aliphatic heterocycles. The average Bonchev–Trinajstić information content (AvgIpc) is 3.13. The first-order chi connectivity index (χ1) is 14.4. The van der Waals surface area contributed by atoms with Crippen LogP contribution in [0.5, 0.6) is 5.75 Å². The number of benzene rings is 1. The molecule has 4 rings (SSSR count). The summed E-state index contributed by atoms with van der Waals surface area (Å²) in [5.41, 5.74) is -0.0831. The number of rotatable bonds is 5. The molecule has 2 aliphatic rings. The first-order valence-electron chi connectivity index (χ1n) is 9.65. The van der Waals surface area contributed by atoms with Crippen molar-refractivity contribution >= 4 is 29.5 Å². The third kappa shape index (κ3) is 4.56. The second-order valence-corrected chi connectivity index (χ2v) is 8.65. The number of ether oxygens (including phenoxy) is 1. The van der Waals surface area contributed by atoms with E-state index < -0.39 is 17.2 Å². The molecular weight excluding hydrogens is 438 g/mol. The zero-order chi connectivity index (χ0) is 21.3. The fourth-order valence-corrected chi connectivity index (χ4v) is 4.43. The minimum absolute atomic E-state index is 0.00930. The van der Waals surface area contributed by atoms with Crippen LogP contribution in [0.1, 0.15) is 19.3 Å². The molecule has 0 spiro atoms. The van der Waals surface area contributed by atoms with Crippen molar-refractivity contribution < 1.29 is 18.1 Å². The van der Waals surface area contributed by atoms with Crippen molar-refractivity contribution in [1.29, 1.82) is 0 Å². The van der Waals surface area contributed by atoms with E-state index >= 15 is 0 Å². The van der Waals surface area contributed by atoms with Gasteiger partial charge in [0.1, 0.15) is 23.4 Å².